The number of carbonyl (C=O) groups excluding carboxylic acids is 1. The van der Waals surface area contributed by atoms with Crippen molar-refractivity contribution in [2.75, 3.05) is 38.2 Å². The smallest absolute Gasteiger partial charge is 0.246 e. The fourth-order valence-corrected chi connectivity index (χ4v) is 4.48. The summed E-state index contributed by atoms with van der Waals surface area (Å²) in [7, 11) is 1.64. The van der Waals surface area contributed by atoms with Gasteiger partial charge in [0.1, 0.15) is 17.9 Å². The number of aromatic nitrogens is 4. The minimum Gasteiger partial charge on any atom is -0.496 e. The van der Waals surface area contributed by atoms with Gasteiger partial charge in [-0.05, 0) is 30.3 Å². The summed E-state index contributed by atoms with van der Waals surface area (Å²) in [5.41, 5.74) is 3.35. The highest BCUT2D eigenvalue weighted by molar-refractivity contribution is 6.35. The van der Waals surface area contributed by atoms with Gasteiger partial charge in [0.05, 0.1) is 24.3 Å². The summed E-state index contributed by atoms with van der Waals surface area (Å²) in [6, 6.07) is 7.69. The van der Waals surface area contributed by atoms with Crippen LogP contribution in [-0.2, 0) is 4.79 Å². The molecule has 0 bridgehead atoms. The van der Waals surface area contributed by atoms with Crippen molar-refractivity contribution >= 4 is 45.1 Å². The van der Waals surface area contributed by atoms with E-state index in [4.69, 9.17) is 16.3 Å². The van der Waals surface area contributed by atoms with Crippen molar-refractivity contribution in [2.45, 2.75) is 0 Å². The molecular formula is C23H21ClN6O2. The van der Waals surface area contributed by atoms with E-state index in [-0.39, 0.29) is 5.91 Å². The molecule has 0 aliphatic carbocycles. The number of anilines is 1. The molecule has 1 N–H and O–H groups in total. The standard InChI is InChI=1S/C23H21ClN6O2/c1-3-21(31)29-6-8-30(9-7-29)23-15-10-17(24)14(11-19(15)25-13-26-23)22-16-12-27-28-18(16)4-5-20(22)32-2/h3-5,10-13H,1,6-9H2,2H3,(H,27,28). The number of fused-ring (bicyclic) bond motifs is 2. The fourth-order valence-electron chi connectivity index (χ4n) is 4.22. The molecule has 0 atom stereocenters. The van der Waals surface area contributed by atoms with Gasteiger partial charge in [-0.1, -0.05) is 18.2 Å². The number of nitrogens with one attached hydrogen (secondary N) is 1. The number of H-pyrrole nitrogens is 1. The third kappa shape index (κ3) is 3.33. The molecule has 2 aromatic heterocycles. The monoisotopic (exact) mass is 448 g/mol. The number of aromatic amines is 1. The van der Waals surface area contributed by atoms with Crippen LogP contribution < -0.4 is 9.64 Å². The van der Waals surface area contributed by atoms with Crippen LogP contribution in [0, 0.1) is 0 Å². The summed E-state index contributed by atoms with van der Waals surface area (Å²) in [5, 5.41) is 9.51. The molecule has 1 aliphatic rings. The predicted octanol–water partition coefficient (Wildman–Crippen LogP) is 3.67. The number of ether oxygens (including phenoxy) is 1. The quantitative estimate of drug-likeness (QED) is 0.479. The zero-order valence-corrected chi connectivity index (χ0v) is 18.3. The predicted molar refractivity (Wildman–Crippen MR) is 125 cm³/mol. The second-order valence-corrected chi connectivity index (χ2v) is 7.94. The normalized spacial score (nSPS) is 14.2. The number of nitrogens with zero attached hydrogens (tertiary/aromatic N) is 5. The van der Waals surface area contributed by atoms with E-state index < -0.39 is 0 Å². The lowest BCUT2D eigenvalue weighted by Crippen LogP contribution is -2.48. The molecule has 0 unspecified atom stereocenters. The Morgan fingerprint density at radius 2 is 2.00 bits per heavy atom. The van der Waals surface area contributed by atoms with Crippen LogP contribution in [0.2, 0.25) is 5.02 Å². The van der Waals surface area contributed by atoms with Gasteiger partial charge in [-0.15, -0.1) is 0 Å². The second kappa shape index (κ2) is 8.12. The molecule has 1 saturated heterocycles. The lowest BCUT2D eigenvalue weighted by molar-refractivity contribution is -0.126. The summed E-state index contributed by atoms with van der Waals surface area (Å²) in [4.78, 5) is 24.9. The first-order valence-corrected chi connectivity index (χ1v) is 10.6. The van der Waals surface area contributed by atoms with E-state index in [1.807, 2.05) is 24.3 Å². The number of methoxy groups -OCH3 is 1. The zero-order chi connectivity index (χ0) is 22.2. The molecule has 1 aliphatic heterocycles. The van der Waals surface area contributed by atoms with E-state index in [2.05, 4.69) is 31.6 Å². The van der Waals surface area contributed by atoms with Crippen molar-refractivity contribution in [1.82, 2.24) is 25.1 Å². The van der Waals surface area contributed by atoms with Gasteiger partial charge >= 0.3 is 0 Å². The highest BCUT2D eigenvalue weighted by Gasteiger charge is 2.23. The van der Waals surface area contributed by atoms with Crippen LogP contribution in [-0.4, -0.2) is 64.3 Å². The van der Waals surface area contributed by atoms with Crippen molar-refractivity contribution in [3.05, 3.63) is 54.5 Å². The number of piperazine rings is 1. The molecule has 1 fully saturated rings. The van der Waals surface area contributed by atoms with E-state index in [0.29, 0.717) is 37.0 Å². The van der Waals surface area contributed by atoms with Crippen LogP contribution in [0.4, 0.5) is 5.82 Å². The Kier molecular flexibility index (Phi) is 5.14. The Morgan fingerprint density at radius 3 is 2.75 bits per heavy atom. The molecule has 9 heteroatoms. The van der Waals surface area contributed by atoms with Gasteiger partial charge in [0.25, 0.3) is 0 Å². The Hall–Kier alpha value is -3.65. The molecular weight excluding hydrogens is 428 g/mol. The van der Waals surface area contributed by atoms with Crippen LogP contribution >= 0.6 is 11.6 Å². The van der Waals surface area contributed by atoms with Gasteiger partial charge in [-0.2, -0.15) is 5.10 Å². The molecule has 32 heavy (non-hydrogen) atoms. The van der Waals surface area contributed by atoms with Crippen LogP contribution in [0.5, 0.6) is 5.75 Å². The molecule has 4 aromatic rings. The second-order valence-electron chi connectivity index (χ2n) is 7.54. The van der Waals surface area contributed by atoms with Gasteiger partial charge < -0.3 is 14.5 Å². The zero-order valence-electron chi connectivity index (χ0n) is 17.5. The first kappa shape index (κ1) is 20.3. The van der Waals surface area contributed by atoms with E-state index >= 15 is 0 Å². The van der Waals surface area contributed by atoms with Gasteiger partial charge in [-0.25, -0.2) is 9.97 Å². The molecule has 2 aromatic carbocycles. The third-order valence-corrected chi connectivity index (χ3v) is 6.16. The van der Waals surface area contributed by atoms with Crippen LogP contribution in [0.25, 0.3) is 32.9 Å². The maximum Gasteiger partial charge on any atom is 0.246 e. The average molecular weight is 449 g/mol. The number of benzene rings is 2. The largest absolute Gasteiger partial charge is 0.496 e. The van der Waals surface area contributed by atoms with E-state index in [1.165, 1.54) is 6.08 Å². The Morgan fingerprint density at radius 1 is 1.19 bits per heavy atom. The molecule has 0 spiro atoms. The number of hydrogen-bond acceptors (Lipinski definition) is 6. The summed E-state index contributed by atoms with van der Waals surface area (Å²) >= 11 is 6.80. The third-order valence-electron chi connectivity index (χ3n) is 5.84. The lowest BCUT2D eigenvalue weighted by Gasteiger charge is -2.35. The van der Waals surface area contributed by atoms with E-state index in [1.54, 1.807) is 24.5 Å². The topological polar surface area (TPSA) is 87.2 Å². The van der Waals surface area contributed by atoms with Crippen molar-refractivity contribution in [1.29, 1.82) is 0 Å². The minimum absolute atomic E-state index is 0.0488. The highest BCUT2D eigenvalue weighted by atomic mass is 35.5. The first-order valence-electron chi connectivity index (χ1n) is 10.2. The molecule has 8 nitrogen and oxygen atoms in total. The maximum absolute atomic E-state index is 11.9. The number of rotatable bonds is 4. The summed E-state index contributed by atoms with van der Waals surface area (Å²) in [6.07, 6.45) is 4.68. The molecule has 162 valence electrons. The van der Waals surface area contributed by atoms with Gasteiger partial charge in [0.2, 0.25) is 5.91 Å². The number of hydrogen-bond donors (Lipinski definition) is 1. The first-order chi connectivity index (χ1) is 15.6. The summed E-state index contributed by atoms with van der Waals surface area (Å²) in [5.74, 6) is 1.47. The van der Waals surface area contributed by atoms with Crippen LogP contribution in [0.15, 0.2) is 49.4 Å². The van der Waals surface area contributed by atoms with E-state index in [0.717, 1.165) is 38.8 Å². The molecule has 1 amide bonds. The Bertz CT molecular complexity index is 1340. The number of halogens is 1. The lowest BCUT2D eigenvalue weighted by atomic mass is 9.99. The molecule has 0 saturated carbocycles. The van der Waals surface area contributed by atoms with Gasteiger partial charge in [0, 0.05) is 53.1 Å². The van der Waals surface area contributed by atoms with Crippen molar-refractivity contribution in [3.63, 3.8) is 0 Å². The van der Waals surface area contributed by atoms with Gasteiger partial charge in [0.15, 0.2) is 0 Å². The fraction of sp³-hybridized carbons (Fsp3) is 0.217. The SMILES string of the molecule is C=CC(=O)N1CCN(c2ncnc3cc(-c4c(OC)ccc5[nH]ncc45)c(Cl)cc23)CC1. The van der Waals surface area contributed by atoms with Crippen LogP contribution in [0.3, 0.4) is 0 Å². The Balaban J connectivity index is 1.58. The van der Waals surface area contributed by atoms with Crippen molar-refractivity contribution < 1.29 is 9.53 Å². The number of carbonyl (C=O) groups is 1. The highest BCUT2D eigenvalue weighted by Crippen LogP contribution is 2.42. The minimum atomic E-state index is -0.0488. The summed E-state index contributed by atoms with van der Waals surface area (Å²) < 4.78 is 5.62. The van der Waals surface area contributed by atoms with Crippen LogP contribution in [0.1, 0.15) is 0 Å². The maximum atomic E-state index is 11.9. The van der Waals surface area contributed by atoms with Gasteiger partial charge in [-0.3, -0.25) is 9.89 Å². The Labute approximate surface area is 189 Å². The average Bonchev–Trinajstić information content (AvgIpc) is 3.31. The molecule has 5 rings (SSSR count). The van der Waals surface area contributed by atoms with Crippen molar-refractivity contribution in [3.8, 4) is 16.9 Å². The molecule has 0 radical (unpaired) electrons. The number of amides is 1. The summed E-state index contributed by atoms with van der Waals surface area (Å²) in [6.45, 7) is 6.14. The van der Waals surface area contributed by atoms with E-state index in [9.17, 15) is 4.79 Å². The molecule has 3 heterocycles. The van der Waals surface area contributed by atoms with Crippen molar-refractivity contribution in [2.24, 2.45) is 0 Å².